The van der Waals surface area contributed by atoms with Gasteiger partial charge in [0.2, 0.25) is 0 Å². The molecule has 0 unspecified atom stereocenters. The summed E-state index contributed by atoms with van der Waals surface area (Å²) in [5, 5.41) is 0. The van der Waals surface area contributed by atoms with E-state index in [1.807, 2.05) is 42.5 Å². The van der Waals surface area contributed by atoms with Gasteiger partial charge in [0.15, 0.2) is 5.96 Å². The number of nitrogens with zero attached hydrogens (tertiary/aromatic N) is 3. The molecule has 2 aliphatic rings. The van der Waals surface area contributed by atoms with Crippen LogP contribution in [0.5, 0.6) is 11.5 Å². The van der Waals surface area contributed by atoms with Crippen LogP contribution in [0.3, 0.4) is 0 Å². The number of rotatable bonds is 8. The first-order chi connectivity index (χ1) is 14.7. The van der Waals surface area contributed by atoms with Gasteiger partial charge in [0.05, 0.1) is 5.69 Å². The highest BCUT2D eigenvalue weighted by atomic mass is 16.5. The third-order valence-corrected chi connectivity index (χ3v) is 6.34. The minimum absolute atomic E-state index is 0.625. The summed E-state index contributed by atoms with van der Waals surface area (Å²) in [4.78, 5) is 9.37. The van der Waals surface area contributed by atoms with Gasteiger partial charge in [-0.2, -0.15) is 0 Å². The van der Waals surface area contributed by atoms with E-state index >= 15 is 0 Å². The molecule has 1 aliphatic heterocycles. The van der Waals surface area contributed by atoms with E-state index in [1.54, 1.807) is 0 Å². The van der Waals surface area contributed by atoms with Crippen molar-refractivity contribution < 1.29 is 4.74 Å². The average Bonchev–Trinajstić information content (AvgIpc) is 2.78. The number of ether oxygens (including phenoxy) is 1. The molecule has 5 heteroatoms. The second-order valence-corrected chi connectivity index (χ2v) is 8.58. The summed E-state index contributed by atoms with van der Waals surface area (Å²) in [6, 6.07) is 16.7. The fourth-order valence-corrected chi connectivity index (χ4v) is 4.53. The van der Waals surface area contributed by atoms with Crippen LogP contribution in [0.15, 0.2) is 53.5 Å². The van der Waals surface area contributed by atoms with Crippen molar-refractivity contribution in [3.8, 4) is 11.5 Å². The number of nitrogens with two attached hydrogens (primary N) is 1. The Hall–Kier alpha value is -2.53. The quantitative estimate of drug-likeness (QED) is 0.606. The number of aliphatic imine (C=N–C) groups is 1. The van der Waals surface area contributed by atoms with E-state index in [-0.39, 0.29) is 0 Å². The van der Waals surface area contributed by atoms with E-state index in [0.717, 1.165) is 48.3 Å². The second-order valence-electron chi connectivity index (χ2n) is 8.58. The average molecular weight is 407 g/mol. The van der Waals surface area contributed by atoms with E-state index in [4.69, 9.17) is 10.5 Å². The highest BCUT2D eigenvalue weighted by Gasteiger charge is 2.19. The number of benzene rings is 2. The minimum Gasteiger partial charge on any atom is -0.457 e. The Balaban J connectivity index is 1.29. The zero-order valence-corrected chi connectivity index (χ0v) is 18.1. The second kappa shape index (κ2) is 9.98. The third-order valence-electron chi connectivity index (χ3n) is 6.34. The molecular formula is C25H34N4O. The van der Waals surface area contributed by atoms with Crippen LogP contribution in [-0.2, 0) is 6.54 Å². The summed E-state index contributed by atoms with van der Waals surface area (Å²) >= 11 is 0. The van der Waals surface area contributed by atoms with Crippen molar-refractivity contribution in [2.45, 2.75) is 57.5 Å². The number of para-hydroxylation sites is 1. The lowest BCUT2D eigenvalue weighted by Gasteiger charge is -2.32. The maximum absolute atomic E-state index is 6.25. The molecule has 0 aromatic heterocycles. The monoisotopic (exact) mass is 406 g/mol. The van der Waals surface area contributed by atoms with E-state index in [2.05, 4.69) is 27.9 Å². The van der Waals surface area contributed by atoms with Crippen molar-refractivity contribution in [3.63, 3.8) is 0 Å². The topological polar surface area (TPSA) is 54.1 Å². The molecule has 1 fully saturated rings. The van der Waals surface area contributed by atoms with E-state index in [9.17, 15) is 0 Å². The summed E-state index contributed by atoms with van der Waals surface area (Å²) in [6.45, 7) is 2.90. The normalized spacial score (nSPS) is 17.0. The Morgan fingerprint density at radius 3 is 2.63 bits per heavy atom. The molecule has 4 rings (SSSR count). The number of hydrogen-bond acceptors (Lipinski definition) is 5. The Labute approximate surface area is 180 Å². The van der Waals surface area contributed by atoms with Crippen molar-refractivity contribution in [1.29, 1.82) is 0 Å². The first-order valence-corrected chi connectivity index (χ1v) is 11.3. The van der Waals surface area contributed by atoms with Gasteiger partial charge in [-0.1, -0.05) is 37.5 Å². The van der Waals surface area contributed by atoms with Crippen LogP contribution < -0.4 is 10.5 Å². The van der Waals surface area contributed by atoms with Crippen LogP contribution in [0.1, 0.15) is 50.5 Å². The predicted molar refractivity (Wildman–Crippen MR) is 123 cm³/mol. The van der Waals surface area contributed by atoms with Gasteiger partial charge < -0.3 is 20.3 Å². The fourth-order valence-electron chi connectivity index (χ4n) is 4.53. The van der Waals surface area contributed by atoms with Gasteiger partial charge in [0.1, 0.15) is 11.5 Å². The van der Waals surface area contributed by atoms with Gasteiger partial charge in [-0.25, -0.2) is 4.99 Å². The molecule has 1 heterocycles. The molecule has 5 nitrogen and oxygen atoms in total. The Kier molecular flexibility index (Phi) is 6.90. The molecule has 0 atom stereocenters. The molecule has 0 bridgehead atoms. The lowest BCUT2D eigenvalue weighted by atomic mass is 9.94. The number of fused-ring (bicyclic) bond motifs is 1. The number of unbranched alkanes of at least 4 members (excludes halogenated alkanes) is 1. The number of hydrogen-bond donors (Lipinski definition) is 1. The molecule has 30 heavy (non-hydrogen) atoms. The lowest BCUT2D eigenvalue weighted by Crippen LogP contribution is -2.39. The Morgan fingerprint density at radius 2 is 1.83 bits per heavy atom. The molecule has 0 amide bonds. The Morgan fingerprint density at radius 1 is 1.03 bits per heavy atom. The van der Waals surface area contributed by atoms with Crippen molar-refractivity contribution in [3.05, 3.63) is 54.1 Å². The standard InChI is InChI=1S/C25H34N4O/c1-28(21-10-4-2-5-11-21)16-8-9-17-29-19-20-18-23(14-15-24(20)27-25(29)26)30-22-12-6-3-7-13-22/h3,6-7,12-15,18,21H,2,4-5,8-11,16-17,19H2,1H3,(H2,26,27). The van der Waals surface area contributed by atoms with E-state index in [1.165, 1.54) is 45.1 Å². The van der Waals surface area contributed by atoms with Crippen molar-refractivity contribution >= 4 is 11.6 Å². The highest BCUT2D eigenvalue weighted by Crippen LogP contribution is 2.31. The molecule has 2 aromatic carbocycles. The van der Waals surface area contributed by atoms with Crippen LogP contribution in [0.4, 0.5) is 5.69 Å². The van der Waals surface area contributed by atoms with Gasteiger partial charge in [0, 0.05) is 24.7 Å². The van der Waals surface area contributed by atoms with Gasteiger partial charge in [-0.3, -0.25) is 0 Å². The lowest BCUT2D eigenvalue weighted by molar-refractivity contribution is 0.187. The van der Waals surface area contributed by atoms with Crippen LogP contribution in [0.2, 0.25) is 0 Å². The minimum atomic E-state index is 0.625. The summed E-state index contributed by atoms with van der Waals surface area (Å²) in [7, 11) is 2.29. The van der Waals surface area contributed by atoms with E-state index in [0.29, 0.717) is 5.96 Å². The summed E-state index contributed by atoms with van der Waals surface area (Å²) in [5.74, 6) is 2.31. The molecular weight excluding hydrogens is 372 g/mol. The van der Waals surface area contributed by atoms with Crippen LogP contribution in [0.25, 0.3) is 0 Å². The maximum Gasteiger partial charge on any atom is 0.196 e. The van der Waals surface area contributed by atoms with Crippen LogP contribution >= 0.6 is 0 Å². The maximum atomic E-state index is 6.25. The summed E-state index contributed by atoms with van der Waals surface area (Å²) in [5.41, 5.74) is 8.36. The number of guanidine groups is 1. The zero-order chi connectivity index (χ0) is 20.8. The van der Waals surface area contributed by atoms with Gasteiger partial charge in [-0.15, -0.1) is 0 Å². The third kappa shape index (κ3) is 5.33. The fraction of sp³-hybridized carbons (Fsp3) is 0.480. The van der Waals surface area contributed by atoms with Gasteiger partial charge in [0.25, 0.3) is 0 Å². The molecule has 1 saturated carbocycles. The summed E-state index contributed by atoms with van der Waals surface area (Å²) in [6.07, 6.45) is 9.26. The van der Waals surface area contributed by atoms with Crippen molar-refractivity contribution in [1.82, 2.24) is 9.80 Å². The smallest absolute Gasteiger partial charge is 0.196 e. The first-order valence-electron chi connectivity index (χ1n) is 11.3. The molecule has 1 aliphatic carbocycles. The molecule has 0 spiro atoms. The summed E-state index contributed by atoms with van der Waals surface area (Å²) < 4.78 is 5.99. The first kappa shape index (κ1) is 20.7. The van der Waals surface area contributed by atoms with Crippen molar-refractivity contribution in [2.24, 2.45) is 10.7 Å². The van der Waals surface area contributed by atoms with Gasteiger partial charge in [-0.05, 0) is 69.6 Å². The van der Waals surface area contributed by atoms with Crippen LogP contribution in [-0.4, -0.2) is 41.9 Å². The highest BCUT2D eigenvalue weighted by molar-refractivity contribution is 5.83. The van der Waals surface area contributed by atoms with Crippen molar-refractivity contribution in [2.75, 3.05) is 20.1 Å². The Bertz CT molecular complexity index is 845. The largest absolute Gasteiger partial charge is 0.457 e. The molecule has 2 aromatic rings. The van der Waals surface area contributed by atoms with E-state index < -0.39 is 0 Å². The zero-order valence-electron chi connectivity index (χ0n) is 18.1. The molecule has 0 saturated heterocycles. The predicted octanol–water partition coefficient (Wildman–Crippen LogP) is 5.29. The van der Waals surface area contributed by atoms with Crippen LogP contribution in [0, 0.1) is 0 Å². The molecule has 2 N–H and O–H groups in total. The molecule has 0 radical (unpaired) electrons. The SMILES string of the molecule is CN(CCCCN1Cc2cc(Oc3ccccc3)ccc2N=C1N)C1CCCCC1. The van der Waals surface area contributed by atoms with Gasteiger partial charge >= 0.3 is 0 Å². The molecule has 160 valence electrons.